The number of hydrogen-bond acceptors (Lipinski definition) is 2. The van der Waals surface area contributed by atoms with Crippen molar-refractivity contribution in [2.45, 2.75) is 12.8 Å². The van der Waals surface area contributed by atoms with E-state index in [0.29, 0.717) is 0 Å². The van der Waals surface area contributed by atoms with Crippen LogP contribution in [0.3, 0.4) is 0 Å². The van der Waals surface area contributed by atoms with Gasteiger partial charge in [0.05, 0.1) is 10.7 Å². The van der Waals surface area contributed by atoms with Crippen LogP contribution in [0.2, 0.25) is 0 Å². The maximum Gasteiger partial charge on any atom is 0.0945 e. The van der Waals surface area contributed by atoms with E-state index < -0.39 is 0 Å². The minimum absolute atomic E-state index is 0.857. The quantitative estimate of drug-likeness (QED) is 0.660. The molecule has 0 aromatic heterocycles. The van der Waals surface area contributed by atoms with Gasteiger partial charge in [-0.05, 0) is 24.1 Å². The van der Waals surface area contributed by atoms with Gasteiger partial charge in [-0.2, -0.15) is 0 Å². The highest BCUT2D eigenvalue weighted by atomic mass is 32.1. The summed E-state index contributed by atoms with van der Waals surface area (Å²) >= 11 is 5.38. The molecule has 0 aliphatic carbocycles. The second-order valence-corrected chi connectivity index (χ2v) is 4.91. The molecule has 0 saturated heterocycles. The van der Waals surface area contributed by atoms with Gasteiger partial charge in [0.15, 0.2) is 0 Å². The van der Waals surface area contributed by atoms with E-state index in [9.17, 15) is 0 Å². The Morgan fingerprint density at radius 2 is 1.58 bits per heavy atom. The molecule has 1 N–H and O–H groups in total. The molecule has 0 spiro atoms. The zero-order valence-electron chi connectivity index (χ0n) is 11.0. The van der Waals surface area contributed by atoms with Crippen molar-refractivity contribution in [3.8, 4) is 0 Å². The van der Waals surface area contributed by atoms with Crippen LogP contribution in [0.4, 0.5) is 5.69 Å². The van der Waals surface area contributed by atoms with Crippen LogP contribution in [0.1, 0.15) is 12.0 Å². The van der Waals surface area contributed by atoms with Gasteiger partial charge in [-0.15, -0.1) is 0 Å². The van der Waals surface area contributed by atoms with Gasteiger partial charge in [-0.1, -0.05) is 60.7 Å². The molecule has 0 atom stereocenters. The van der Waals surface area contributed by atoms with Crippen molar-refractivity contribution in [1.29, 1.82) is 0 Å². The molecule has 0 aliphatic rings. The molecule has 0 bridgehead atoms. The Bertz CT molecular complexity index is 511. The van der Waals surface area contributed by atoms with Gasteiger partial charge >= 0.3 is 0 Å². The van der Waals surface area contributed by atoms with Crippen molar-refractivity contribution in [2.24, 2.45) is 0 Å². The zero-order chi connectivity index (χ0) is 13.5. The van der Waals surface area contributed by atoms with E-state index in [-0.39, 0.29) is 0 Å². The van der Waals surface area contributed by atoms with Crippen LogP contribution in [-0.2, 0) is 6.42 Å². The molecule has 0 aliphatic heterocycles. The molecule has 19 heavy (non-hydrogen) atoms. The first-order chi connectivity index (χ1) is 9.25. The van der Waals surface area contributed by atoms with Gasteiger partial charge in [0, 0.05) is 13.5 Å². The number of thiocarbonyl (C=S) groups is 1. The van der Waals surface area contributed by atoms with Crippen molar-refractivity contribution >= 4 is 22.9 Å². The van der Waals surface area contributed by atoms with E-state index in [4.69, 9.17) is 12.2 Å². The Labute approximate surface area is 120 Å². The number of hydrazine groups is 1. The molecule has 0 unspecified atom stereocenters. The summed E-state index contributed by atoms with van der Waals surface area (Å²) in [6.45, 7) is 0. The average molecular weight is 270 g/mol. The Kier molecular flexibility index (Phi) is 4.93. The highest BCUT2D eigenvalue weighted by molar-refractivity contribution is 7.80. The highest BCUT2D eigenvalue weighted by Crippen LogP contribution is 2.09. The Balaban J connectivity index is 1.82. The average Bonchev–Trinajstić information content (AvgIpc) is 2.47. The first kappa shape index (κ1) is 13.6. The molecule has 0 amide bonds. The number of aryl methyl sites for hydroxylation is 1. The normalized spacial score (nSPS) is 9.95. The van der Waals surface area contributed by atoms with Crippen molar-refractivity contribution in [3.05, 3.63) is 66.2 Å². The van der Waals surface area contributed by atoms with E-state index in [1.165, 1.54) is 5.56 Å². The van der Waals surface area contributed by atoms with E-state index in [2.05, 4.69) is 29.7 Å². The minimum Gasteiger partial charge on any atom is -0.292 e. The lowest BCUT2D eigenvalue weighted by atomic mass is 10.1. The maximum atomic E-state index is 5.38. The van der Waals surface area contributed by atoms with Gasteiger partial charge in [0.1, 0.15) is 0 Å². The van der Waals surface area contributed by atoms with Crippen molar-refractivity contribution in [1.82, 2.24) is 5.43 Å². The highest BCUT2D eigenvalue weighted by Gasteiger charge is 2.02. The van der Waals surface area contributed by atoms with E-state index >= 15 is 0 Å². The lowest BCUT2D eigenvalue weighted by molar-refractivity contribution is 0.859. The first-order valence-electron chi connectivity index (χ1n) is 6.38. The molecule has 0 heterocycles. The van der Waals surface area contributed by atoms with E-state index in [1.807, 2.05) is 48.5 Å². The van der Waals surface area contributed by atoms with Crippen LogP contribution in [0.25, 0.3) is 0 Å². The lowest BCUT2D eigenvalue weighted by Gasteiger charge is -2.21. The topological polar surface area (TPSA) is 15.3 Å². The van der Waals surface area contributed by atoms with Crippen molar-refractivity contribution < 1.29 is 0 Å². The Hall–Kier alpha value is -1.87. The molecule has 2 aromatic rings. The summed E-state index contributed by atoms with van der Waals surface area (Å²) in [4.78, 5) is 0.857. The smallest absolute Gasteiger partial charge is 0.0945 e. The van der Waals surface area contributed by atoms with E-state index in [1.54, 1.807) is 0 Å². The molecule has 2 aromatic carbocycles. The lowest BCUT2D eigenvalue weighted by Crippen LogP contribution is -2.38. The van der Waals surface area contributed by atoms with Crippen LogP contribution in [-0.4, -0.2) is 12.0 Å². The fraction of sp³-hybridized carbons (Fsp3) is 0.188. The monoisotopic (exact) mass is 270 g/mol. The predicted molar refractivity (Wildman–Crippen MR) is 85.3 cm³/mol. The van der Waals surface area contributed by atoms with Gasteiger partial charge in [0.25, 0.3) is 0 Å². The third-order valence-electron chi connectivity index (χ3n) is 2.92. The number of rotatable bonds is 5. The second kappa shape index (κ2) is 6.90. The Morgan fingerprint density at radius 1 is 1.00 bits per heavy atom. The summed E-state index contributed by atoms with van der Waals surface area (Å²) in [5.74, 6) is 0. The molecule has 3 heteroatoms. The fourth-order valence-electron chi connectivity index (χ4n) is 1.86. The molecule has 2 nitrogen and oxygen atoms in total. The molecule has 0 radical (unpaired) electrons. The third kappa shape index (κ3) is 4.38. The maximum absolute atomic E-state index is 5.38. The standard InChI is InChI=1S/C16H18N2S/c1-18(15-10-6-3-7-11-15)17-16(19)13-12-14-8-4-2-5-9-14/h2-11H,12-13H2,1H3,(H,17,19). The van der Waals surface area contributed by atoms with Gasteiger partial charge in [-0.3, -0.25) is 10.4 Å². The summed E-state index contributed by atoms with van der Waals surface area (Å²) in [7, 11) is 1.98. The fourth-order valence-corrected chi connectivity index (χ4v) is 2.10. The molecule has 98 valence electrons. The van der Waals surface area contributed by atoms with Gasteiger partial charge < -0.3 is 0 Å². The van der Waals surface area contributed by atoms with Crippen molar-refractivity contribution in [2.75, 3.05) is 12.1 Å². The Morgan fingerprint density at radius 3 is 2.21 bits per heavy atom. The summed E-state index contributed by atoms with van der Waals surface area (Å²) in [5, 5.41) is 1.95. The van der Waals surface area contributed by atoms with Crippen molar-refractivity contribution in [3.63, 3.8) is 0 Å². The first-order valence-corrected chi connectivity index (χ1v) is 6.79. The number of benzene rings is 2. The number of nitrogens with zero attached hydrogens (tertiary/aromatic N) is 1. The van der Waals surface area contributed by atoms with Crippen LogP contribution < -0.4 is 10.4 Å². The molecule has 2 rings (SSSR count). The molecule has 0 fully saturated rings. The van der Waals surface area contributed by atoms with Crippen LogP contribution >= 0.6 is 12.2 Å². The SMILES string of the molecule is CN(NC(=S)CCc1ccccc1)c1ccccc1. The van der Waals surface area contributed by atoms with Gasteiger partial charge in [-0.25, -0.2) is 0 Å². The largest absolute Gasteiger partial charge is 0.292 e. The van der Waals surface area contributed by atoms with Crippen LogP contribution in [0, 0.1) is 0 Å². The van der Waals surface area contributed by atoms with Crippen LogP contribution in [0.5, 0.6) is 0 Å². The number of hydrogen-bond donors (Lipinski definition) is 1. The minimum atomic E-state index is 0.857. The third-order valence-corrected chi connectivity index (χ3v) is 3.21. The number of nitrogens with one attached hydrogen (secondary N) is 1. The summed E-state index contributed by atoms with van der Waals surface area (Å²) in [5.41, 5.74) is 5.65. The summed E-state index contributed by atoms with van der Waals surface area (Å²) < 4.78 is 0. The van der Waals surface area contributed by atoms with E-state index in [0.717, 1.165) is 23.5 Å². The second-order valence-electron chi connectivity index (χ2n) is 4.42. The van der Waals surface area contributed by atoms with Gasteiger partial charge in [0.2, 0.25) is 0 Å². The number of anilines is 1. The predicted octanol–water partition coefficient (Wildman–Crippen LogP) is 3.59. The summed E-state index contributed by atoms with van der Waals surface area (Å²) in [6, 6.07) is 20.5. The zero-order valence-corrected chi connectivity index (χ0v) is 11.9. The summed E-state index contributed by atoms with van der Waals surface area (Å²) in [6.07, 6.45) is 1.83. The molecular weight excluding hydrogens is 252 g/mol. The molecule has 0 saturated carbocycles. The molecular formula is C16H18N2S. The van der Waals surface area contributed by atoms with Crippen LogP contribution in [0.15, 0.2) is 60.7 Å². The number of para-hydroxylation sites is 1.